The fourth-order valence-electron chi connectivity index (χ4n) is 1.75. The normalized spacial score (nSPS) is 12.3. The van der Waals surface area contributed by atoms with Gasteiger partial charge in [-0.25, -0.2) is 8.78 Å². The molecule has 1 N–H and O–H groups in total. The summed E-state index contributed by atoms with van der Waals surface area (Å²) in [5, 5.41) is 9.59. The van der Waals surface area contributed by atoms with Crippen LogP contribution in [-0.2, 0) is 0 Å². The van der Waals surface area contributed by atoms with E-state index in [9.17, 15) is 13.9 Å². The molecule has 0 radical (unpaired) electrons. The van der Waals surface area contributed by atoms with E-state index in [1.54, 1.807) is 6.92 Å². The number of hydrogen-bond donors (Lipinski definition) is 1. The van der Waals surface area contributed by atoms with E-state index in [0.29, 0.717) is 22.6 Å². The van der Waals surface area contributed by atoms with Crippen LogP contribution in [0.1, 0.15) is 24.2 Å². The van der Waals surface area contributed by atoms with Gasteiger partial charge in [-0.1, -0.05) is 11.6 Å². The van der Waals surface area contributed by atoms with E-state index in [1.807, 2.05) is 0 Å². The topological polar surface area (TPSA) is 29.5 Å². The molecule has 0 unspecified atom stereocenters. The number of benzene rings is 2. The summed E-state index contributed by atoms with van der Waals surface area (Å²) in [6.45, 7) is 3.10. The highest BCUT2D eigenvalue weighted by Crippen LogP contribution is 2.33. The first-order chi connectivity index (χ1) is 9.38. The van der Waals surface area contributed by atoms with Crippen LogP contribution in [-0.4, -0.2) is 5.11 Å². The third-order valence-corrected chi connectivity index (χ3v) is 3.15. The minimum Gasteiger partial charge on any atom is -0.457 e. The Balaban J connectivity index is 2.41. The summed E-state index contributed by atoms with van der Waals surface area (Å²) in [5.74, 6) is -0.360. The molecule has 0 aliphatic carbocycles. The first kappa shape index (κ1) is 14.8. The Morgan fingerprint density at radius 1 is 1.15 bits per heavy atom. The van der Waals surface area contributed by atoms with Gasteiger partial charge < -0.3 is 9.84 Å². The van der Waals surface area contributed by atoms with Gasteiger partial charge in [0.25, 0.3) is 0 Å². The van der Waals surface area contributed by atoms with Crippen LogP contribution < -0.4 is 4.74 Å². The van der Waals surface area contributed by atoms with Gasteiger partial charge in [0.1, 0.15) is 23.1 Å². The van der Waals surface area contributed by atoms with Crippen LogP contribution in [0.3, 0.4) is 0 Å². The molecule has 0 aliphatic heterocycles. The van der Waals surface area contributed by atoms with Crippen molar-refractivity contribution in [3.63, 3.8) is 0 Å². The first-order valence-corrected chi connectivity index (χ1v) is 6.37. The smallest absolute Gasteiger partial charge is 0.142 e. The maximum atomic E-state index is 13.5. The Morgan fingerprint density at radius 3 is 2.45 bits per heavy atom. The van der Waals surface area contributed by atoms with E-state index in [2.05, 4.69) is 0 Å². The van der Waals surface area contributed by atoms with E-state index >= 15 is 0 Å². The van der Waals surface area contributed by atoms with Crippen molar-refractivity contribution in [2.45, 2.75) is 20.0 Å². The van der Waals surface area contributed by atoms with Gasteiger partial charge in [0.2, 0.25) is 0 Å². The third-order valence-electron chi connectivity index (χ3n) is 2.86. The molecule has 0 saturated heterocycles. The highest BCUT2D eigenvalue weighted by atomic mass is 35.5. The quantitative estimate of drug-likeness (QED) is 0.884. The predicted molar refractivity (Wildman–Crippen MR) is 73.3 cm³/mol. The van der Waals surface area contributed by atoms with Gasteiger partial charge >= 0.3 is 0 Å². The summed E-state index contributed by atoms with van der Waals surface area (Å²) < 4.78 is 32.2. The fourth-order valence-corrected chi connectivity index (χ4v) is 1.92. The standard InChI is InChI=1S/C15H13ClF2O2/c1-8-5-15(11(9(2)19)7-14(8)18)20-10-3-4-13(17)12(16)6-10/h3-7,9,19H,1-2H3/t9-/m1/s1. The maximum Gasteiger partial charge on any atom is 0.142 e. The molecule has 2 aromatic rings. The lowest BCUT2D eigenvalue weighted by atomic mass is 10.1. The Labute approximate surface area is 120 Å². The minimum absolute atomic E-state index is 0.0695. The van der Waals surface area contributed by atoms with Crippen molar-refractivity contribution in [2.24, 2.45) is 0 Å². The summed E-state index contributed by atoms with van der Waals surface area (Å²) in [6, 6.07) is 6.61. The van der Waals surface area contributed by atoms with Gasteiger partial charge in [-0.15, -0.1) is 0 Å². The second-order valence-corrected chi connectivity index (χ2v) is 4.90. The molecule has 0 spiro atoms. The molecule has 2 nitrogen and oxygen atoms in total. The summed E-state index contributed by atoms with van der Waals surface area (Å²) in [4.78, 5) is 0. The lowest BCUT2D eigenvalue weighted by molar-refractivity contribution is 0.195. The number of halogens is 3. The zero-order valence-corrected chi connectivity index (χ0v) is 11.7. The summed E-state index contributed by atoms with van der Waals surface area (Å²) in [5.41, 5.74) is 0.700. The molecule has 0 aromatic heterocycles. The second kappa shape index (κ2) is 5.77. The lowest BCUT2D eigenvalue weighted by Crippen LogP contribution is -1.99. The van der Waals surface area contributed by atoms with Gasteiger partial charge in [0, 0.05) is 11.6 Å². The molecule has 5 heteroatoms. The number of ether oxygens (including phenoxy) is 1. The number of aryl methyl sites for hydroxylation is 1. The van der Waals surface area contributed by atoms with Crippen molar-refractivity contribution in [1.29, 1.82) is 0 Å². The van der Waals surface area contributed by atoms with Crippen molar-refractivity contribution in [1.82, 2.24) is 0 Å². The summed E-state index contributed by atoms with van der Waals surface area (Å²) in [7, 11) is 0. The van der Waals surface area contributed by atoms with Crippen LogP contribution in [0, 0.1) is 18.6 Å². The Kier molecular flexibility index (Phi) is 4.26. The van der Waals surface area contributed by atoms with Crippen LogP contribution in [0.4, 0.5) is 8.78 Å². The van der Waals surface area contributed by atoms with Crippen molar-refractivity contribution < 1.29 is 18.6 Å². The third kappa shape index (κ3) is 3.08. The molecule has 0 bridgehead atoms. The zero-order valence-electron chi connectivity index (χ0n) is 11.0. The fraction of sp³-hybridized carbons (Fsp3) is 0.200. The van der Waals surface area contributed by atoms with Crippen molar-refractivity contribution in [2.75, 3.05) is 0 Å². The molecule has 0 heterocycles. The largest absolute Gasteiger partial charge is 0.457 e. The van der Waals surface area contributed by atoms with E-state index in [4.69, 9.17) is 16.3 Å². The number of rotatable bonds is 3. The highest BCUT2D eigenvalue weighted by molar-refractivity contribution is 6.30. The highest BCUT2D eigenvalue weighted by Gasteiger charge is 2.14. The molecule has 1 atom stereocenters. The molecule has 20 heavy (non-hydrogen) atoms. The lowest BCUT2D eigenvalue weighted by Gasteiger charge is -2.15. The predicted octanol–water partition coefficient (Wildman–Crippen LogP) is 4.77. The van der Waals surface area contributed by atoms with Crippen LogP contribution in [0.5, 0.6) is 11.5 Å². The maximum absolute atomic E-state index is 13.5. The van der Waals surface area contributed by atoms with E-state index in [-0.39, 0.29) is 5.02 Å². The van der Waals surface area contributed by atoms with Crippen LogP contribution in [0.15, 0.2) is 30.3 Å². The second-order valence-electron chi connectivity index (χ2n) is 4.49. The first-order valence-electron chi connectivity index (χ1n) is 5.99. The molecular weight excluding hydrogens is 286 g/mol. The average Bonchev–Trinajstić information content (AvgIpc) is 2.37. The van der Waals surface area contributed by atoms with Gasteiger partial charge in [0.05, 0.1) is 11.1 Å². The molecule has 2 rings (SSSR count). The molecule has 0 aliphatic rings. The van der Waals surface area contributed by atoms with E-state index in [0.717, 1.165) is 0 Å². The summed E-state index contributed by atoms with van der Waals surface area (Å²) >= 11 is 5.67. The van der Waals surface area contributed by atoms with Crippen LogP contribution in [0.25, 0.3) is 0 Å². The van der Waals surface area contributed by atoms with Crippen molar-refractivity contribution in [3.05, 3.63) is 58.1 Å². The monoisotopic (exact) mass is 298 g/mol. The molecule has 0 fully saturated rings. The van der Waals surface area contributed by atoms with Gasteiger partial charge in [-0.3, -0.25) is 0 Å². The molecular formula is C15H13ClF2O2. The van der Waals surface area contributed by atoms with E-state index in [1.165, 1.54) is 37.3 Å². The molecule has 0 saturated carbocycles. The Morgan fingerprint density at radius 2 is 1.85 bits per heavy atom. The van der Waals surface area contributed by atoms with Crippen molar-refractivity contribution in [3.8, 4) is 11.5 Å². The van der Waals surface area contributed by atoms with E-state index < -0.39 is 17.7 Å². The van der Waals surface area contributed by atoms with Gasteiger partial charge in [-0.05, 0) is 43.7 Å². The van der Waals surface area contributed by atoms with Crippen molar-refractivity contribution >= 4 is 11.6 Å². The van der Waals surface area contributed by atoms with Gasteiger partial charge in [0.15, 0.2) is 0 Å². The molecule has 2 aromatic carbocycles. The van der Waals surface area contributed by atoms with Crippen LogP contribution >= 0.6 is 11.6 Å². The number of hydrogen-bond acceptors (Lipinski definition) is 2. The number of aliphatic hydroxyl groups excluding tert-OH is 1. The Bertz CT molecular complexity index is 642. The number of aliphatic hydroxyl groups is 1. The van der Waals surface area contributed by atoms with Crippen LogP contribution in [0.2, 0.25) is 5.02 Å². The summed E-state index contributed by atoms with van der Waals surface area (Å²) in [6.07, 6.45) is -0.893. The minimum atomic E-state index is -0.893. The van der Waals surface area contributed by atoms with Gasteiger partial charge in [-0.2, -0.15) is 0 Å². The SMILES string of the molecule is Cc1cc(Oc2ccc(F)c(Cl)c2)c([C@@H](C)O)cc1F. The molecule has 106 valence electrons. The average molecular weight is 299 g/mol. The Hall–Kier alpha value is -1.65. The zero-order chi connectivity index (χ0) is 14.9. The molecule has 0 amide bonds.